The number of thiazole rings is 1. The number of carboxylic acid groups (broad SMARTS) is 1. The number of aromatic nitrogens is 1. The monoisotopic (exact) mass is 625 g/mol. The molecule has 3 heterocycles. The Balaban J connectivity index is 0.000000171. The van der Waals surface area contributed by atoms with Gasteiger partial charge in [0.25, 0.3) is 0 Å². The first-order valence-electron chi connectivity index (χ1n) is 15.9. The SMILES string of the molecule is CCc1nc(Cc2ccccc2Cl)sc1C1CCN(C)CC1.O=C(O)C(CC1CCC1)N1CCC(c2cccc(F)c2)C1. The molecule has 2 saturated heterocycles. The van der Waals surface area contributed by atoms with E-state index >= 15 is 0 Å². The minimum Gasteiger partial charge on any atom is -0.480 e. The number of carboxylic acids is 1. The van der Waals surface area contributed by atoms with Crippen LogP contribution in [-0.4, -0.2) is 65.1 Å². The third-order valence-corrected chi connectivity index (χ3v) is 11.2. The molecule has 2 aliphatic heterocycles. The van der Waals surface area contributed by atoms with Gasteiger partial charge in [-0.1, -0.05) is 68.1 Å². The molecule has 3 aromatic rings. The number of carbonyl (C=O) groups is 1. The van der Waals surface area contributed by atoms with Crippen molar-refractivity contribution in [3.8, 4) is 0 Å². The minimum atomic E-state index is -0.707. The van der Waals surface area contributed by atoms with Gasteiger partial charge in [0.05, 0.1) is 10.7 Å². The van der Waals surface area contributed by atoms with E-state index in [4.69, 9.17) is 16.6 Å². The van der Waals surface area contributed by atoms with Crippen LogP contribution in [-0.2, 0) is 17.6 Å². The van der Waals surface area contributed by atoms with Gasteiger partial charge in [-0.25, -0.2) is 9.37 Å². The van der Waals surface area contributed by atoms with Gasteiger partial charge in [0.15, 0.2) is 0 Å². The molecule has 1 aromatic heterocycles. The van der Waals surface area contributed by atoms with E-state index < -0.39 is 5.97 Å². The topological polar surface area (TPSA) is 56.7 Å². The average molecular weight is 626 g/mol. The zero-order valence-corrected chi connectivity index (χ0v) is 27.1. The molecule has 2 unspecified atom stereocenters. The highest BCUT2D eigenvalue weighted by Gasteiger charge is 2.35. The summed E-state index contributed by atoms with van der Waals surface area (Å²) in [6.45, 7) is 6.14. The van der Waals surface area contributed by atoms with Gasteiger partial charge in [-0.15, -0.1) is 11.3 Å². The first-order valence-corrected chi connectivity index (χ1v) is 17.1. The Morgan fingerprint density at radius 2 is 1.81 bits per heavy atom. The van der Waals surface area contributed by atoms with Crippen LogP contribution in [0.4, 0.5) is 4.39 Å². The summed E-state index contributed by atoms with van der Waals surface area (Å²) in [6, 6.07) is 14.4. The van der Waals surface area contributed by atoms with E-state index in [0.29, 0.717) is 11.8 Å². The molecule has 6 rings (SSSR count). The van der Waals surface area contributed by atoms with E-state index in [1.807, 2.05) is 35.6 Å². The van der Waals surface area contributed by atoms with Crippen molar-refractivity contribution >= 4 is 28.9 Å². The number of rotatable bonds is 9. The maximum absolute atomic E-state index is 13.3. The summed E-state index contributed by atoms with van der Waals surface area (Å²) < 4.78 is 13.3. The van der Waals surface area contributed by atoms with Crippen LogP contribution in [0.15, 0.2) is 48.5 Å². The molecule has 232 valence electrons. The highest BCUT2D eigenvalue weighted by Crippen LogP contribution is 2.37. The maximum atomic E-state index is 13.3. The van der Waals surface area contributed by atoms with Crippen molar-refractivity contribution in [1.29, 1.82) is 0 Å². The first kappa shape index (κ1) is 32.1. The standard InChI is InChI=1S/C18H23ClN2S.C17H22FNO2/c1-3-16-18(13-8-10-21(2)11-9-13)22-17(20-16)12-14-6-4-5-7-15(14)19;18-15-6-2-5-13(10-15)14-7-8-19(11-14)16(17(20)21)9-12-3-1-4-12/h4-7,13H,3,8-12H2,1-2H3;2,5-6,10,12,14,16H,1,3-4,7-9,11H2,(H,20,21). The van der Waals surface area contributed by atoms with E-state index in [1.165, 1.54) is 72.4 Å². The molecule has 0 amide bonds. The van der Waals surface area contributed by atoms with Crippen LogP contribution in [0.25, 0.3) is 0 Å². The number of halogens is 2. The van der Waals surface area contributed by atoms with E-state index in [2.05, 4.69) is 29.8 Å². The van der Waals surface area contributed by atoms with Crippen LogP contribution in [0.2, 0.25) is 5.02 Å². The largest absolute Gasteiger partial charge is 0.480 e. The Kier molecular flexibility index (Phi) is 11.3. The fraction of sp³-hybridized carbons (Fsp3) is 0.543. The number of benzene rings is 2. The van der Waals surface area contributed by atoms with Gasteiger partial charge >= 0.3 is 5.97 Å². The zero-order chi connectivity index (χ0) is 30.3. The quantitative estimate of drug-likeness (QED) is 0.261. The third-order valence-electron chi connectivity index (χ3n) is 9.54. The third kappa shape index (κ3) is 8.44. The van der Waals surface area contributed by atoms with Gasteiger partial charge in [-0.05, 0) is 106 Å². The summed E-state index contributed by atoms with van der Waals surface area (Å²) >= 11 is 8.20. The summed E-state index contributed by atoms with van der Waals surface area (Å²) in [5, 5.41) is 11.6. The molecular formula is C35H45ClFN3O2S. The lowest BCUT2D eigenvalue weighted by Crippen LogP contribution is -2.41. The highest BCUT2D eigenvalue weighted by atomic mass is 35.5. The van der Waals surface area contributed by atoms with Crippen molar-refractivity contribution < 1.29 is 14.3 Å². The van der Waals surface area contributed by atoms with Gasteiger partial charge in [0.1, 0.15) is 11.9 Å². The molecule has 5 nitrogen and oxygen atoms in total. The lowest BCUT2D eigenvalue weighted by molar-refractivity contribution is -0.143. The molecule has 2 aromatic carbocycles. The predicted octanol–water partition coefficient (Wildman–Crippen LogP) is 8.02. The van der Waals surface area contributed by atoms with Gasteiger partial charge in [0, 0.05) is 22.9 Å². The van der Waals surface area contributed by atoms with E-state index in [-0.39, 0.29) is 17.8 Å². The van der Waals surface area contributed by atoms with Crippen LogP contribution in [0.3, 0.4) is 0 Å². The van der Waals surface area contributed by atoms with Gasteiger partial charge in [-0.3, -0.25) is 9.69 Å². The number of likely N-dealkylation sites (tertiary alicyclic amines) is 2. The summed E-state index contributed by atoms with van der Waals surface area (Å²) in [5.74, 6) is 0.615. The Morgan fingerprint density at radius 3 is 2.47 bits per heavy atom. The molecular weight excluding hydrogens is 581 g/mol. The van der Waals surface area contributed by atoms with Crippen molar-refractivity contribution in [3.63, 3.8) is 0 Å². The molecule has 2 atom stereocenters. The lowest BCUT2D eigenvalue weighted by Gasteiger charge is -2.32. The Hall–Kier alpha value is -2.32. The smallest absolute Gasteiger partial charge is 0.320 e. The van der Waals surface area contributed by atoms with E-state index in [0.717, 1.165) is 49.4 Å². The van der Waals surface area contributed by atoms with Crippen LogP contribution >= 0.6 is 22.9 Å². The van der Waals surface area contributed by atoms with Crippen LogP contribution < -0.4 is 0 Å². The minimum absolute atomic E-state index is 0.213. The second-order valence-electron chi connectivity index (χ2n) is 12.5. The fourth-order valence-electron chi connectivity index (χ4n) is 6.69. The van der Waals surface area contributed by atoms with Crippen LogP contribution in [0.1, 0.15) is 90.4 Å². The molecule has 1 aliphatic carbocycles. The molecule has 0 bridgehead atoms. The Morgan fingerprint density at radius 1 is 1.07 bits per heavy atom. The van der Waals surface area contributed by atoms with E-state index in [9.17, 15) is 14.3 Å². The van der Waals surface area contributed by atoms with Crippen molar-refractivity contribution in [2.45, 2.75) is 82.6 Å². The normalized spacial score (nSPS) is 20.8. The average Bonchev–Trinajstić information content (AvgIpc) is 3.62. The molecule has 1 saturated carbocycles. The number of hydrogen-bond donors (Lipinski definition) is 1. The molecule has 43 heavy (non-hydrogen) atoms. The summed E-state index contributed by atoms with van der Waals surface area (Å²) in [5.41, 5.74) is 3.47. The molecule has 3 fully saturated rings. The number of piperidine rings is 1. The lowest BCUT2D eigenvalue weighted by atomic mass is 9.80. The predicted molar refractivity (Wildman–Crippen MR) is 174 cm³/mol. The van der Waals surface area contributed by atoms with Crippen LogP contribution in [0.5, 0.6) is 0 Å². The van der Waals surface area contributed by atoms with Crippen LogP contribution in [0, 0.1) is 11.7 Å². The van der Waals surface area contributed by atoms with Crippen molar-refractivity contribution in [2.75, 3.05) is 33.2 Å². The fourth-order valence-corrected chi connectivity index (χ4v) is 8.24. The number of aryl methyl sites for hydroxylation is 1. The summed E-state index contributed by atoms with van der Waals surface area (Å²) in [7, 11) is 2.21. The zero-order valence-electron chi connectivity index (χ0n) is 25.5. The second-order valence-corrected chi connectivity index (χ2v) is 14.1. The first-order chi connectivity index (χ1) is 20.8. The summed E-state index contributed by atoms with van der Waals surface area (Å²) in [6.07, 6.45) is 9.67. The molecule has 3 aliphatic rings. The number of hydrogen-bond acceptors (Lipinski definition) is 5. The molecule has 0 spiro atoms. The molecule has 1 N–H and O–H groups in total. The van der Waals surface area contributed by atoms with Crippen molar-refractivity contribution in [1.82, 2.24) is 14.8 Å². The Labute approximate surface area is 265 Å². The molecule has 8 heteroatoms. The van der Waals surface area contributed by atoms with Gasteiger partial charge in [-0.2, -0.15) is 0 Å². The summed E-state index contributed by atoms with van der Waals surface area (Å²) in [4.78, 5) is 22.5. The van der Waals surface area contributed by atoms with Gasteiger partial charge in [0.2, 0.25) is 0 Å². The Bertz CT molecular complexity index is 1350. The maximum Gasteiger partial charge on any atom is 0.320 e. The van der Waals surface area contributed by atoms with E-state index in [1.54, 1.807) is 12.1 Å². The van der Waals surface area contributed by atoms with Gasteiger partial charge < -0.3 is 10.0 Å². The van der Waals surface area contributed by atoms with Crippen molar-refractivity contribution in [2.24, 2.45) is 5.92 Å². The second kappa shape index (κ2) is 15.1. The van der Waals surface area contributed by atoms with Crippen molar-refractivity contribution in [3.05, 3.63) is 86.1 Å². The highest BCUT2D eigenvalue weighted by molar-refractivity contribution is 7.11. The number of aliphatic carboxylic acids is 1. The number of nitrogens with zero attached hydrogens (tertiary/aromatic N) is 3. The molecule has 0 radical (unpaired) electrons.